The lowest BCUT2D eigenvalue weighted by molar-refractivity contribution is 0.0696. The molecule has 1 heterocycles. The van der Waals surface area contributed by atoms with Gasteiger partial charge in [-0.05, 0) is 18.2 Å². The zero-order chi connectivity index (χ0) is 10.3. The summed E-state index contributed by atoms with van der Waals surface area (Å²) in [7, 11) is 0. The lowest BCUT2D eigenvalue weighted by Gasteiger charge is -1.95. The Labute approximate surface area is 89.6 Å². The van der Waals surface area contributed by atoms with Crippen LogP contribution >= 0.6 is 24.0 Å². The van der Waals surface area contributed by atoms with Gasteiger partial charge in [-0.3, -0.25) is 0 Å². The maximum absolute atomic E-state index is 10.9. The van der Waals surface area contributed by atoms with Crippen LogP contribution in [0.3, 0.4) is 0 Å². The maximum Gasteiger partial charge on any atom is 0.338 e. The molecule has 14 heavy (non-hydrogen) atoms. The average molecular weight is 225 g/mol. The summed E-state index contributed by atoms with van der Waals surface area (Å²) >= 11 is 5.47. The Kier molecular flexibility index (Phi) is 2.13. The normalized spacial score (nSPS) is 10.6. The number of nitrogens with two attached hydrogens (primary N) is 1. The maximum atomic E-state index is 10.9. The number of anilines is 1. The molecule has 72 valence electrons. The molecule has 5 heteroatoms. The number of carbonyl (C=O) groups is 1. The second kappa shape index (κ2) is 3.18. The predicted molar refractivity (Wildman–Crippen MR) is 60.4 cm³/mol. The van der Waals surface area contributed by atoms with E-state index in [9.17, 15) is 4.79 Å². The SMILES string of the molecule is Nc1ccc2sc(S)c(C(=O)O)c2c1. The minimum Gasteiger partial charge on any atom is -0.478 e. The van der Waals surface area contributed by atoms with E-state index in [4.69, 9.17) is 10.8 Å². The summed E-state index contributed by atoms with van der Waals surface area (Å²) in [6.45, 7) is 0. The fourth-order valence-corrected chi connectivity index (χ4v) is 2.73. The molecule has 2 rings (SSSR count). The number of hydrogen-bond acceptors (Lipinski definition) is 4. The van der Waals surface area contributed by atoms with Crippen molar-refractivity contribution in [1.29, 1.82) is 0 Å². The number of fused-ring (bicyclic) bond motifs is 1. The van der Waals surface area contributed by atoms with E-state index >= 15 is 0 Å². The van der Waals surface area contributed by atoms with E-state index in [-0.39, 0.29) is 5.56 Å². The highest BCUT2D eigenvalue weighted by Crippen LogP contribution is 2.34. The van der Waals surface area contributed by atoms with Crippen molar-refractivity contribution in [3.63, 3.8) is 0 Å². The molecule has 1 aromatic carbocycles. The molecule has 0 aliphatic carbocycles. The Hall–Kier alpha value is -1.20. The highest BCUT2D eigenvalue weighted by Gasteiger charge is 2.15. The molecule has 0 radical (unpaired) electrons. The van der Waals surface area contributed by atoms with Crippen molar-refractivity contribution in [2.24, 2.45) is 0 Å². The Balaban J connectivity index is 2.86. The summed E-state index contributed by atoms with van der Waals surface area (Å²) in [4.78, 5) is 10.9. The number of rotatable bonds is 1. The van der Waals surface area contributed by atoms with E-state index in [1.54, 1.807) is 12.1 Å². The van der Waals surface area contributed by atoms with E-state index in [0.29, 0.717) is 15.3 Å². The van der Waals surface area contributed by atoms with Gasteiger partial charge in [-0.2, -0.15) is 0 Å². The van der Waals surface area contributed by atoms with Gasteiger partial charge in [0.15, 0.2) is 0 Å². The van der Waals surface area contributed by atoms with E-state index in [2.05, 4.69) is 12.6 Å². The van der Waals surface area contributed by atoms with Gasteiger partial charge in [-0.25, -0.2) is 4.79 Å². The number of carboxylic acids is 1. The fraction of sp³-hybridized carbons (Fsp3) is 0. The van der Waals surface area contributed by atoms with Gasteiger partial charge in [-0.1, -0.05) is 0 Å². The molecular formula is C9H7NO2S2. The van der Waals surface area contributed by atoms with Crippen LogP contribution in [0.15, 0.2) is 22.4 Å². The van der Waals surface area contributed by atoms with Gasteiger partial charge < -0.3 is 10.8 Å². The van der Waals surface area contributed by atoms with Crippen LogP contribution in [0.2, 0.25) is 0 Å². The summed E-state index contributed by atoms with van der Waals surface area (Å²) in [6.07, 6.45) is 0. The second-order valence-corrected chi connectivity index (χ2v) is 4.64. The van der Waals surface area contributed by atoms with Gasteiger partial charge >= 0.3 is 5.97 Å². The van der Waals surface area contributed by atoms with Gasteiger partial charge in [0.05, 0.1) is 9.77 Å². The van der Waals surface area contributed by atoms with Gasteiger partial charge in [0.25, 0.3) is 0 Å². The van der Waals surface area contributed by atoms with Crippen molar-refractivity contribution in [1.82, 2.24) is 0 Å². The predicted octanol–water partition coefficient (Wildman–Crippen LogP) is 2.47. The van der Waals surface area contributed by atoms with Crippen LogP contribution in [0.4, 0.5) is 5.69 Å². The van der Waals surface area contributed by atoms with Crippen molar-refractivity contribution >= 4 is 45.7 Å². The molecule has 0 aliphatic rings. The molecule has 0 fully saturated rings. The number of thiol groups is 1. The first-order chi connectivity index (χ1) is 6.59. The highest BCUT2D eigenvalue weighted by molar-refractivity contribution is 7.83. The summed E-state index contributed by atoms with van der Waals surface area (Å²) in [6, 6.07) is 5.22. The first-order valence-corrected chi connectivity index (χ1v) is 5.10. The third-order valence-electron chi connectivity index (χ3n) is 1.91. The standard InChI is InChI=1S/C9H7NO2S2/c10-4-1-2-6-5(3-4)7(8(11)12)9(13)14-6/h1-3,13H,10H2,(H,11,12). The van der Waals surface area contributed by atoms with Crippen LogP contribution in [-0.4, -0.2) is 11.1 Å². The number of thiophene rings is 1. The average Bonchev–Trinajstić information content (AvgIpc) is 2.40. The van der Waals surface area contributed by atoms with E-state index in [0.717, 1.165) is 4.70 Å². The number of aromatic carboxylic acids is 1. The molecular weight excluding hydrogens is 218 g/mol. The van der Waals surface area contributed by atoms with E-state index in [1.165, 1.54) is 11.3 Å². The summed E-state index contributed by atoms with van der Waals surface area (Å²) < 4.78 is 1.40. The molecule has 3 N–H and O–H groups in total. The zero-order valence-electron chi connectivity index (χ0n) is 7.02. The molecule has 0 unspecified atom stereocenters. The molecule has 0 aliphatic heterocycles. The lowest BCUT2D eigenvalue weighted by Crippen LogP contribution is -1.95. The van der Waals surface area contributed by atoms with E-state index < -0.39 is 5.97 Å². The van der Waals surface area contributed by atoms with E-state index in [1.807, 2.05) is 6.07 Å². The summed E-state index contributed by atoms with van der Waals surface area (Å²) in [5.41, 5.74) is 6.39. The van der Waals surface area contributed by atoms with Gasteiger partial charge in [0, 0.05) is 15.8 Å². The minimum atomic E-state index is -0.966. The first-order valence-electron chi connectivity index (χ1n) is 3.84. The van der Waals surface area contributed by atoms with Crippen LogP contribution in [-0.2, 0) is 0 Å². The topological polar surface area (TPSA) is 63.3 Å². The van der Waals surface area contributed by atoms with Crippen LogP contribution in [0.1, 0.15) is 10.4 Å². The molecule has 0 amide bonds. The largest absolute Gasteiger partial charge is 0.478 e. The molecule has 0 spiro atoms. The molecule has 0 saturated heterocycles. The molecule has 1 aromatic heterocycles. The molecule has 0 bridgehead atoms. The van der Waals surface area contributed by atoms with Gasteiger partial charge in [0.1, 0.15) is 0 Å². The Morgan fingerprint density at radius 3 is 2.86 bits per heavy atom. The minimum absolute atomic E-state index is 0.237. The van der Waals surface area contributed by atoms with Crippen LogP contribution < -0.4 is 5.73 Å². The first kappa shape index (κ1) is 9.36. The summed E-state index contributed by atoms with van der Waals surface area (Å²) in [5, 5.41) is 9.62. The third-order valence-corrected chi connectivity index (χ3v) is 3.38. The summed E-state index contributed by atoms with van der Waals surface area (Å²) in [5.74, 6) is -0.966. The van der Waals surface area contributed by atoms with Crippen LogP contribution in [0, 0.1) is 0 Å². The van der Waals surface area contributed by atoms with Crippen molar-refractivity contribution in [2.75, 3.05) is 5.73 Å². The molecule has 2 aromatic rings. The quantitative estimate of drug-likeness (QED) is 0.516. The highest BCUT2D eigenvalue weighted by atomic mass is 32.2. The second-order valence-electron chi connectivity index (χ2n) is 2.84. The lowest BCUT2D eigenvalue weighted by atomic mass is 10.1. The Bertz CT molecular complexity index is 519. The third kappa shape index (κ3) is 1.34. The Morgan fingerprint density at radius 1 is 1.50 bits per heavy atom. The van der Waals surface area contributed by atoms with Crippen molar-refractivity contribution in [3.8, 4) is 0 Å². The number of carboxylic acid groups (broad SMARTS) is 1. The van der Waals surface area contributed by atoms with Crippen LogP contribution in [0.5, 0.6) is 0 Å². The smallest absolute Gasteiger partial charge is 0.338 e. The van der Waals surface area contributed by atoms with Gasteiger partial charge in [-0.15, -0.1) is 24.0 Å². The van der Waals surface area contributed by atoms with Crippen LogP contribution in [0.25, 0.3) is 10.1 Å². The fourth-order valence-electron chi connectivity index (χ4n) is 1.31. The molecule has 0 atom stereocenters. The molecule has 3 nitrogen and oxygen atoms in total. The van der Waals surface area contributed by atoms with Gasteiger partial charge in [0.2, 0.25) is 0 Å². The Morgan fingerprint density at radius 2 is 2.21 bits per heavy atom. The number of hydrogen-bond donors (Lipinski definition) is 3. The monoisotopic (exact) mass is 225 g/mol. The zero-order valence-corrected chi connectivity index (χ0v) is 8.73. The molecule has 0 saturated carbocycles. The number of nitrogen functional groups attached to an aromatic ring is 1. The van der Waals surface area contributed by atoms with Crippen molar-refractivity contribution < 1.29 is 9.90 Å². The van der Waals surface area contributed by atoms with Crippen molar-refractivity contribution in [3.05, 3.63) is 23.8 Å². The van der Waals surface area contributed by atoms with Crippen molar-refractivity contribution in [2.45, 2.75) is 4.21 Å². The number of benzene rings is 1.